The van der Waals surface area contributed by atoms with Crippen LogP contribution in [0, 0.1) is 0 Å². The van der Waals surface area contributed by atoms with Crippen molar-refractivity contribution in [2.24, 2.45) is 0 Å². The first-order chi connectivity index (χ1) is 25.7. The molecule has 1 nitrogen and oxygen atoms in total. The van der Waals surface area contributed by atoms with E-state index in [9.17, 15) is 1.37 Å². The Balaban J connectivity index is 1.17. The SMILES string of the molecule is [2H]c1c2ccccc2c(-c2ccc(-c3c4ccccc4c(-c4cccc5ccccc45)c4ccccc34)cc2)c2oc3ccc4ccccc4c3c12. The second-order valence-corrected chi connectivity index (χ2v) is 13.5. The lowest BCUT2D eigenvalue weighted by atomic mass is 9.84. The Morgan fingerprint density at radius 3 is 1.49 bits per heavy atom. The van der Waals surface area contributed by atoms with Crippen molar-refractivity contribution < 1.29 is 5.79 Å². The minimum Gasteiger partial charge on any atom is -0.455 e. The van der Waals surface area contributed by atoms with Crippen LogP contribution in [0.2, 0.25) is 0 Å². The third-order valence-electron chi connectivity index (χ3n) is 10.7. The summed E-state index contributed by atoms with van der Waals surface area (Å²) in [6.45, 7) is 0. The van der Waals surface area contributed by atoms with Crippen molar-refractivity contribution >= 4 is 75.8 Å². The third kappa shape index (κ3) is 4.16. The summed E-state index contributed by atoms with van der Waals surface area (Å²) in [7, 11) is 0. The van der Waals surface area contributed by atoms with E-state index in [1.807, 2.05) is 12.1 Å². The molecule has 10 aromatic carbocycles. The summed E-state index contributed by atoms with van der Waals surface area (Å²) in [6.07, 6.45) is 0. The van der Waals surface area contributed by atoms with Crippen molar-refractivity contribution in [3.63, 3.8) is 0 Å². The van der Waals surface area contributed by atoms with Gasteiger partial charge in [0.2, 0.25) is 0 Å². The topological polar surface area (TPSA) is 13.1 Å². The molecular weight excluding hydrogens is 617 g/mol. The van der Waals surface area contributed by atoms with Crippen LogP contribution in [-0.2, 0) is 0 Å². The minimum absolute atomic E-state index is 0.505. The lowest BCUT2D eigenvalue weighted by molar-refractivity contribution is 0.671. The molecular formula is C50H30O. The quantitative estimate of drug-likeness (QED) is 0.174. The first-order valence-electron chi connectivity index (χ1n) is 18.0. The minimum atomic E-state index is 0.505. The fraction of sp³-hybridized carbons (Fsp3) is 0. The van der Waals surface area contributed by atoms with Crippen LogP contribution in [0.15, 0.2) is 186 Å². The number of fused-ring (bicyclic) bond motifs is 9. The van der Waals surface area contributed by atoms with E-state index in [1.54, 1.807) is 0 Å². The van der Waals surface area contributed by atoms with Crippen molar-refractivity contribution in [3.8, 4) is 33.4 Å². The maximum absolute atomic E-state index is 9.43. The second kappa shape index (κ2) is 10.9. The van der Waals surface area contributed by atoms with Gasteiger partial charge in [0.05, 0.1) is 1.37 Å². The van der Waals surface area contributed by atoms with Gasteiger partial charge in [-0.05, 0) is 93.8 Å². The van der Waals surface area contributed by atoms with Crippen LogP contribution in [0.1, 0.15) is 1.37 Å². The largest absolute Gasteiger partial charge is 0.455 e. The highest BCUT2D eigenvalue weighted by molar-refractivity contribution is 6.26. The van der Waals surface area contributed by atoms with Gasteiger partial charge in [0.1, 0.15) is 11.2 Å². The van der Waals surface area contributed by atoms with Crippen LogP contribution >= 0.6 is 0 Å². The van der Waals surface area contributed by atoms with Crippen LogP contribution < -0.4 is 0 Å². The summed E-state index contributed by atoms with van der Waals surface area (Å²) in [5.41, 5.74) is 8.56. The summed E-state index contributed by atoms with van der Waals surface area (Å²) >= 11 is 0. The average molecular weight is 648 g/mol. The molecule has 0 amide bonds. The van der Waals surface area contributed by atoms with Gasteiger partial charge in [0, 0.05) is 16.3 Å². The molecule has 11 rings (SSSR count). The number of hydrogen-bond acceptors (Lipinski definition) is 1. The number of benzene rings is 10. The molecule has 1 aromatic heterocycles. The molecule has 0 aliphatic heterocycles. The summed E-state index contributed by atoms with van der Waals surface area (Å²) in [5.74, 6) is 0. The molecule has 0 spiro atoms. The molecule has 0 bridgehead atoms. The first-order valence-corrected chi connectivity index (χ1v) is 17.5. The molecule has 0 aliphatic carbocycles. The molecule has 236 valence electrons. The Labute approximate surface area is 296 Å². The lowest BCUT2D eigenvalue weighted by Crippen LogP contribution is -1.91. The Hall–Kier alpha value is -6.70. The van der Waals surface area contributed by atoms with Crippen molar-refractivity contribution in [2.45, 2.75) is 0 Å². The number of hydrogen-bond donors (Lipinski definition) is 0. The molecule has 0 unspecified atom stereocenters. The van der Waals surface area contributed by atoms with Gasteiger partial charge < -0.3 is 4.42 Å². The Morgan fingerprint density at radius 2 is 0.824 bits per heavy atom. The molecule has 51 heavy (non-hydrogen) atoms. The van der Waals surface area contributed by atoms with Gasteiger partial charge in [0.25, 0.3) is 0 Å². The molecule has 1 heterocycles. The predicted octanol–water partition coefficient (Wildman–Crippen LogP) is 14.4. The highest BCUT2D eigenvalue weighted by Crippen LogP contribution is 2.47. The normalized spacial score (nSPS) is 12.2. The fourth-order valence-corrected chi connectivity index (χ4v) is 8.49. The van der Waals surface area contributed by atoms with Gasteiger partial charge in [-0.15, -0.1) is 0 Å². The molecule has 0 aliphatic rings. The van der Waals surface area contributed by atoms with Crippen LogP contribution in [-0.4, -0.2) is 0 Å². The van der Waals surface area contributed by atoms with E-state index in [0.717, 1.165) is 60.2 Å². The summed E-state index contributed by atoms with van der Waals surface area (Å²) < 4.78 is 16.2. The smallest absolute Gasteiger partial charge is 0.143 e. The zero-order valence-corrected chi connectivity index (χ0v) is 27.7. The zero-order chi connectivity index (χ0) is 34.3. The van der Waals surface area contributed by atoms with Gasteiger partial charge in [-0.2, -0.15) is 0 Å². The van der Waals surface area contributed by atoms with Crippen LogP contribution in [0.4, 0.5) is 0 Å². The van der Waals surface area contributed by atoms with E-state index in [-0.39, 0.29) is 0 Å². The van der Waals surface area contributed by atoms with Crippen molar-refractivity contribution in [3.05, 3.63) is 182 Å². The highest BCUT2D eigenvalue weighted by Gasteiger charge is 2.20. The van der Waals surface area contributed by atoms with Gasteiger partial charge in [0.15, 0.2) is 0 Å². The standard InChI is InChI=1S/C50H30O/c1-4-16-36-31(12-1)15-11-23-39(36)48-42-21-9-7-19-40(42)46(41-20-8-10-22-43(41)48)33-24-26-34(27-25-33)47-38-18-6-3-14-35(38)30-44-49-37-17-5-2-13-32(37)28-29-45(49)51-50(44)47/h1-30H/i30D. The lowest BCUT2D eigenvalue weighted by Gasteiger charge is -2.19. The van der Waals surface area contributed by atoms with E-state index >= 15 is 0 Å². The monoisotopic (exact) mass is 647 g/mol. The number of rotatable bonds is 3. The molecule has 0 N–H and O–H groups in total. The molecule has 0 saturated heterocycles. The third-order valence-corrected chi connectivity index (χ3v) is 10.7. The van der Waals surface area contributed by atoms with E-state index in [1.165, 1.54) is 49.0 Å². The molecule has 0 saturated carbocycles. The Morgan fingerprint density at radius 1 is 0.333 bits per heavy atom. The van der Waals surface area contributed by atoms with Crippen LogP contribution in [0.5, 0.6) is 0 Å². The first kappa shape index (κ1) is 27.2. The zero-order valence-electron chi connectivity index (χ0n) is 28.7. The average Bonchev–Trinajstić information content (AvgIpc) is 3.60. The molecule has 0 fully saturated rings. The highest BCUT2D eigenvalue weighted by atomic mass is 16.3. The maximum atomic E-state index is 9.43. The Bertz CT molecular complexity index is 3180. The summed E-state index contributed by atoms with van der Waals surface area (Å²) in [4.78, 5) is 0. The number of furan rings is 1. The predicted molar refractivity (Wildman–Crippen MR) is 218 cm³/mol. The van der Waals surface area contributed by atoms with Crippen LogP contribution in [0.25, 0.3) is 109 Å². The van der Waals surface area contributed by atoms with Crippen molar-refractivity contribution in [1.82, 2.24) is 0 Å². The van der Waals surface area contributed by atoms with Crippen LogP contribution in [0.3, 0.4) is 0 Å². The molecule has 0 atom stereocenters. The van der Waals surface area contributed by atoms with E-state index < -0.39 is 0 Å². The fourth-order valence-electron chi connectivity index (χ4n) is 8.49. The molecule has 0 radical (unpaired) electrons. The summed E-state index contributed by atoms with van der Waals surface area (Å²) in [5, 5.41) is 13.5. The van der Waals surface area contributed by atoms with E-state index in [0.29, 0.717) is 6.04 Å². The maximum Gasteiger partial charge on any atom is 0.143 e. The van der Waals surface area contributed by atoms with Gasteiger partial charge in [-0.25, -0.2) is 0 Å². The van der Waals surface area contributed by atoms with Crippen molar-refractivity contribution in [2.75, 3.05) is 0 Å². The van der Waals surface area contributed by atoms with Gasteiger partial charge in [-0.3, -0.25) is 0 Å². The Kier molecular flexibility index (Phi) is 5.81. The molecule has 11 aromatic rings. The van der Waals surface area contributed by atoms with E-state index in [2.05, 4.69) is 164 Å². The van der Waals surface area contributed by atoms with Crippen molar-refractivity contribution in [1.29, 1.82) is 0 Å². The van der Waals surface area contributed by atoms with E-state index in [4.69, 9.17) is 4.42 Å². The summed E-state index contributed by atoms with van der Waals surface area (Å²) in [6, 6.07) is 63.3. The molecule has 1 heteroatoms. The van der Waals surface area contributed by atoms with Gasteiger partial charge >= 0.3 is 0 Å². The van der Waals surface area contributed by atoms with Gasteiger partial charge in [-0.1, -0.05) is 170 Å². The second-order valence-electron chi connectivity index (χ2n) is 13.5.